The van der Waals surface area contributed by atoms with Gasteiger partial charge in [-0.25, -0.2) is 8.42 Å². The Morgan fingerprint density at radius 2 is 1.77 bits per heavy atom. The molecule has 2 aromatic carbocycles. The second kappa shape index (κ2) is 11.3. The van der Waals surface area contributed by atoms with Gasteiger partial charge in [-0.1, -0.05) is 43.7 Å². The third kappa shape index (κ3) is 5.98. The van der Waals surface area contributed by atoms with Crippen LogP contribution in [0.2, 0.25) is 0 Å². The molecule has 0 unspecified atom stereocenters. The molecule has 0 aliphatic carbocycles. The van der Waals surface area contributed by atoms with Gasteiger partial charge in [-0.3, -0.25) is 9.59 Å². The number of sulfonamides is 1. The number of nitrogens with zero attached hydrogens (tertiary/aromatic N) is 2. The van der Waals surface area contributed by atoms with Crippen LogP contribution in [0.15, 0.2) is 70.5 Å². The highest BCUT2D eigenvalue weighted by atomic mass is 32.2. The van der Waals surface area contributed by atoms with Crippen molar-refractivity contribution < 1.29 is 17.9 Å². The molecule has 0 aliphatic heterocycles. The first-order valence-electron chi connectivity index (χ1n) is 11.5. The van der Waals surface area contributed by atoms with E-state index in [0.717, 1.165) is 11.1 Å². The predicted molar refractivity (Wildman–Crippen MR) is 137 cm³/mol. The van der Waals surface area contributed by atoms with E-state index in [-0.39, 0.29) is 28.5 Å². The Balaban J connectivity index is 1.92. The summed E-state index contributed by atoms with van der Waals surface area (Å²) in [4.78, 5) is 26.0. The summed E-state index contributed by atoms with van der Waals surface area (Å²) in [5, 5.41) is 2.67. The van der Waals surface area contributed by atoms with Gasteiger partial charge in [0, 0.05) is 25.0 Å². The summed E-state index contributed by atoms with van der Waals surface area (Å²) in [6.07, 6.45) is 1.63. The minimum Gasteiger partial charge on any atom is -0.492 e. The Morgan fingerprint density at radius 3 is 2.43 bits per heavy atom. The third-order valence-electron chi connectivity index (χ3n) is 5.52. The van der Waals surface area contributed by atoms with Crippen molar-refractivity contribution in [1.29, 1.82) is 0 Å². The number of aryl methyl sites for hydroxylation is 1. The van der Waals surface area contributed by atoms with Crippen LogP contribution in [-0.4, -0.2) is 42.9 Å². The van der Waals surface area contributed by atoms with Gasteiger partial charge in [0.25, 0.3) is 11.5 Å². The van der Waals surface area contributed by atoms with Gasteiger partial charge in [-0.15, -0.1) is 0 Å². The van der Waals surface area contributed by atoms with Crippen molar-refractivity contribution in [2.75, 3.05) is 25.0 Å². The van der Waals surface area contributed by atoms with Gasteiger partial charge in [0.1, 0.15) is 16.2 Å². The van der Waals surface area contributed by atoms with Crippen LogP contribution in [0.5, 0.6) is 5.75 Å². The minimum absolute atomic E-state index is 0.0363. The summed E-state index contributed by atoms with van der Waals surface area (Å²) in [7, 11) is -3.84. The third-order valence-corrected chi connectivity index (χ3v) is 7.60. The maximum Gasteiger partial charge on any atom is 0.263 e. The van der Waals surface area contributed by atoms with Crippen LogP contribution in [0.25, 0.3) is 0 Å². The van der Waals surface area contributed by atoms with Crippen molar-refractivity contribution in [2.45, 2.75) is 39.1 Å². The first-order chi connectivity index (χ1) is 16.7. The highest BCUT2D eigenvalue weighted by molar-refractivity contribution is 7.89. The number of hydrogen-bond donors (Lipinski definition) is 1. The summed E-state index contributed by atoms with van der Waals surface area (Å²) in [5.74, 6) is -0.415. The van der Waals surface area contributed by atoms with E-state index >= 15 is 0 Å². The Bertz CT molecular complexity index is 1360. The first kappa shape index (κ1) is 26.2. The average Bonchev–Trinajstić information content (AvgIpc) is 2.82. The van der Waals surface area contributed by atoms with Crippen LogP contribution in [0.4, 0.5) is 5.69 Å². The molecule has 1 heterocycles. The van der Waals surface area contributed by atoms with E-state index in [0.29, 0.717) is 19.6 Å². The second-order valence-corrected chi connectivity index (χ2v) is 9.89. The number of rotatable bonds is 10. The first-order valence-corrected chi connectivity index (χ1v) is 13.0. The van der Waals surface area contributed by atoms with Crippen molar-refractivity contribution in [2.24, 2.45) is 0 Å². The fourth-order valence-corrected chi connectivity index (χ4v) is 5.42. The van der Waals surface area contributed by atoms with E-state index in [1.165, 1.54) is 27.1 Å². The highest BCUT2D eigenvalue weighted by Gasteiger charge is 2.26. The average molecular weight is 498 g/mol. The molecule has 35 heavy (non-hydrogen) atoms. The molecule has 3 rings (SSSR count). The van der Waals surface area contributed by atoms with Gasteiger partial charge in [0.15, 0.2) is 0 Å². The maximum absolute atomic E-state index is 13.2. The molecule has 1 N–H and O–H groups in total. The monoisotopic (exact) mass is 497 g/mol. The summed E-state index contributed by atoms with van der Waals surface area (Å²) in [6.45, 7) is 8.46. The molecule has 9 heteroatoms. The van der Waals surface area contributed by atoms with E-state index in [9.17, 15) is 18.0 Å². The van der Waals surface area contributed by atoms with Crippen molar-refractivity contribution in [3.05, 3.63) is 87.8 Å². The van der Waals surface area contributed by atoms with Crippen LogP contribution < -0.4 is 15.6 Å². The Morgan fingerprint density at radius 1 is 1.03 bits per heavy atom. The van der Waals surface area contributed by atoms with Crippen LogP contribution in [0.1, 0.15) is 42.3 Å². The molecule has 0 radical (unpaired) electrons. The van der Waals surface area contributed by atoms with Crippen LogP contribution in [0, 0.1) is 6.92 Å². The fraction of sp³-hybridized carbons (Fsp3) is 0.308. The molecule has 1 amide bonds. The Hall–Kier alpha value is -3.43. The van der Waals surface area contributed by atoms with Crippen molar-refractivity contribution in [3.63, 3.8) is 0 Å². The lowest BCUT2D eigenvalue weighted by molar-refractivity contribution is 0.102. The van der Waals surface area contributed by atoms with Gasteiger partial charge in [-0.2, -0.15) is 4.31 Å². The molecule has 1 aromatic heterocycles. The van der Waals surface area contributed by atoms with Crippen molar-refractivity contribution in [1.82, 2.24) is 8.87 Å². The number of hydrogen-bond acceptors (Lipinski definition) is 5. The quantitative estimate of drug-likeness (QED) is 0.458. The fourth-order valence-electron chi connectivity index (χ4n) is 3.80. The van der Waals surface area contributed by atoms with Gasteiger partial charge in [-0.05, 0) is 49.7 Å². The Kier molecular flexibility index (Phi) is 8.48. The smallest absolute Gasteiger partial charge is 0.263 e. The van der Waals surface area contributed by atoms with Gasteiger partial charge in [0.2, 0.25) is 10.0 Å². The van der Waals surface area contributed by atoms with Crippen LogP contribution in [0.3, 0.4) is 0 Å². The number of ether oxygens (including phenoxy) is 1. The molecule has 0 spiro atoms. The molecule has 186 valence electrons. The second-order valence-electron chi connectivity index (χ2n) is 7.98. The number of carbonyl (C=O) groups excluding carboxylic acids is 1. The largest absolute Gasteiger partial charge is 0.492 e. The zero-order valence-corrected chi connectivity index (χ0v) is 21.3. The molecule has 8 nitrogen and oxygen atoms in total. The standard InChI is InChI=1S/C26H31N3O5S/c1-5-29(6-2)35(32,33)24-17-21(13-14-23(24)34-7-3)27-25(30)22-12-9-15-28(26(22)31)18-20-11-8-10-19(4)16-20/h8-17H,5-7,18H2,1-4H3,(H,27,30). The zero-order valence-electron chi connectivity index (χ0n) is 20.4. The van der Waals surface area contributed by atoms with E-state index in [2.05, 4.69) is 5.32 Å². The van der Waals surface area contributed by atoms with Crippen molar-refractivity contribution >= 4 is 21.6 Å². The number of carbonyl (C=O) groups is 1. The van der Waals surface area contributed by atoms with Gasteiger partial charge in [0.05, 0.1) is 13.2 Å². The molecule has 0 atom stereocenters. The molecule has 0 saturated heterocycles. The topological polar surface area (TPSA) is 97.7 Å². The minimum atomic E-state index is -3.84. The van der Waals surface area contributed by atoms with Crippen LogP contribution in [-0.2, 0) is 16.6 Å². The van der Waals surface area contributed by atoms with E-state index in [4.69, 9.17) is 4.74 Å². The highest BCUT2D eigenvalue weighted by Crippen LogP contribution is 2.30. The molecule has 0 aliphatic rings. The number of benzene rings is 2. The number of aromatic nitrogens is 1. The Labute approximate surface area is 206 Å². The molecule has 0 bridgehead atoms. The lowest BCUT2D eigenvalue weighted by Crippen LogP contribution is -2.31. The van der Waals surface area contributed by atoms with Gasteiger partial charge >= 0.3 is 0 Å². The van der Waals surface area contributed by atoms with E-state index in [1.807, 2.05) is 31.2 Å². The number of nitrogens with one attached hydrogen (secondary N) is 1. The normalized spacial score (nSPS) is 11.5. The zero-order chi connectivity index (χ0) is 25.6. The van der Waals surface area contributed by atoms with Gasteiger partial charge < -0.3 is 14.6 Å². The summed E-state index contributed by atoms with van der Waals surface area (Å²) < 4.78 is 34.7. The lowest BCUT2D eigenvalue weighted by atomic mass is 10.1. The molecular formula is C26H31N3O5S. The summed E-state index contributed by atoms with van der Waals surface area (Å²) in [5.41, 5.74) is 1.80. The molecule has 0 fully saturated rings. The molecule has 0 saturated carbocycles. The summed E-state index contributed by atoms with van der Waals surface area (Å²) >= 11 is 0. The maximum atomic E-state index is 13.2. The number of anilines is 1. The predicted octanol–water partition coefficient (Wildman–Crippen LogP) is 3.89. The van der Waals surface area contributed by atoms with Crippen LogP contribution >= 0.6 is 0 Å². The van der Waals surface area contributed by atoms with E-state index < -0.39 is 21.5 Å². The van der Waals surface area contributed by atoms with E-state index in [1.54, 1.807) is 39.1 Å². The van der Waals surface area contributed by atoms with Crippen molar-refractivity contribution in [3.8, 4) is 5.75 Å². The number of amides is 1. The lowest BCUT2D eigenvalue weighted by Gasteiger charge is -2.21. The summed E-state index contributed by atoms with van der Waals surface area (Å²) in [6, 6.07) is 15.3. The SMILES string of the molecule is CCOc1ccc(NC(=O)c2cccn(Cc3cccc(C)c3)c2=O)cc1S(=O)(=O)N(CC)CC. The molecular weight excluding hydrogens is 466 g/mol. The number of pyridine rings is 1. The molecule has 3 aromatic rings.